The van der Waals surface area contributed by atoms with Crippen molar-refractivity contribution >= 4 is 50.6 Å². The van der Waals surface area contributed by atoms with Gasteiger partial charge in [-0.2, -0.15) is 13.2 Å². The third kappa shape index (κ3) is 5.20. The number of nitrogens with one attached hydrogen (secondary N) is 1. The van der Waals surface area contributed by atoms with Crippen molar-refractivity contribution < 1.29 is 26.4 Å². The standard InChI is InChI=1S/C19H13Cl3F3N3O3S/c1-28-9-11(20)7-15(17(28)18(29)10-4-5-26-16(22)6-10)27-32(30,31)12-2-3-14(21)13(8-12)19(23,24)25/h2-8,27H,9H2,1H3. The highest BCUT2D eigenvalue weighted by atomic mass is 35.5. The molecule has 0 saturated heterocycles. The van der Waals surface area contributed by atoms with Crippen LogP contribution in [0.2, 0.25) is 10.2 Å². The van der Waals surface area contributed by atoms with Crippen LogP contribution in [-0.4, -0.2) is 37.7 Å². The van der Waals surface area contributed by atoms with E-state index in [9.17, 15) is 26.4 Å². The maximum Gasteiger partial charge on any atom is 0.417 e. The van der Waals surface area contributed by atoms with Crippen molar-refractivity contribution in [3.05, 3.63) is 80.3 Å². The van der Waals surface area contributed by atoms with E-state index < -0.39 is 37.5 Å². The molecule has 1 N–H and O–H groups in total. The molecule has 1 aromatic heterocycles. The number of pyridine rings is 1. The monoisotopic (exact) mass is 525 g/mol. The van der Waals surface area contributed by atoms with Gasteiger partial charge in [-0.3, -0.25) is 9.52 Å². The van der Waals surface area contributed by atoms with Gasteiger partial charge in [0.05, 0.1) is 27.7 Å². The molecule has 1 aliphatic heterocycles. The first kappa shape index (κ1) is 24.4. The summed E-state index contributed by atoms with van der Waals surface area (Å²) in [5, 5.41) is -0.408. The molecular weight excluding hydrogens is 514 g/mol. The number of aromatic nitrogens is 1. The van der Waals surface area contributed by atoms with Gasteiger partial charge in [-0.1, -0.05) is 34.8 Å². The highest BCUT2D eigenvalue weighted by Gasteiger charge is 2.35. The summed E-state index contributed by atoms with van der Waals surface area (Å²) in [7, 11) is -3.05. The molecule has 170 valence electrons. The maximum atomic E-state index is 13.2. The van der Waals surface area contributed by atoms with Gasteiger partial charge in [0, 0.05) is 23.8 Å². The number of likely N-dealkylation sites (N-methyl/N-ethyl adjacent to an activating group) is 1. The highest BCUT2D eigenvalue weighted by molar-refractivity contribution is 7.89. The van der Waals surface area contributed by atoms with Gasteiger partial charge in [0.1, 0.15) is 10.9 Å². The fourth-order valence-corrected chi connectivity index (χ4v) is 4.70. The quantitative estimate of drug-likeness (QED) is 0.445. The van der Waals surface area contributed by atoms with Crippen molar-refractivity contribution in [2.45, 2.75) is 11.1 Å². The van der Waals surface area contributed by atoms with Crippen molar-refractivity contribution in [3.8, 4) is 0 Å². The van der Waals surface area contributed by atoms with Crippen LogP contribution in [0, 0.1) is 0 Å². The Balaban J connectivity index is 2.09. The normalized spacial score (nSPS) is 15.0. The predicted octanol–water partition coefficient (Wildman–Crippen LogP) is 4.85. The zero-order valence-electron chi connectivity index (χ0n) is 16.0. The summed E-state index contributed by atoms with van der Waals surface area (Å²) in [6.07, 6.45) is -2.34. The van der Waals surface area contributed by atoms with Gasteiger partial charge in [0.15, 0.2) is 0 Å². The van der Waals surface area contributed by atoms with E-state index in [1.807, 2.05) is 0 Å². The first-order valence-corrected chi connectivity index (χ1v) is 11.3. The minimum Gasteiger partial charge on any atom is -0.364 e. The molecule has 13 heteroatoms. The molecule has 0 unspecified atom stereocenters. The highest BCUT2D eigenvalue weighted by Crippen LogP contribution is 2.36. The van der Waals surface area contributed by atoms with Crippen molar-refractivity contribution in [2.75, 3.05) is 13.6 Å². The van der Waals surface area contributed by atoms with Crippen molar-refractivity contribution in [3.63, 3.8) is 0 Å². The van der Waals surface area contributed by atoms with E-state index in [4.69, 9.17) is 34.8 Å². The van der Waals surface area contributed by atoms with Gasteiger partial charge in [-0.25, -0.2) is 13.4 Å². The minimum absolute atomic E-state index is 0.0477. The number of ketones is 1. The van der Waals surface area contributed by atoms with E-state index in [-0.39, 0.29) is 33.7 Å². The largest absolute Gasteiger partial charge is 0.417 e. The smallest absolute Gasteiger partial charge is 0.364 e. The topological polar surface area (TPSA) is 79.4 Å². The van der Waals surface area contributed by atoms with E-state index in [1.165, 1.54) is 36.4 Å². The molecule has 32 heavy (non-hydrogen) atoms. The summed E-state index contributed by atoms with van der Waals surface area (Å²) in [5.41, 5.74) is -1.48. The van der Waals surface area contributed by atoms with Gasteiger partial charge < -0.3 is 4.90 Å². The van der Waals surface area contributed by atoms with Gasteiger partial charge in [0.25, 0.3) is 10.0 Å². The Morgan fingerprint density at radius 3 is 2.47 bits per heavy atom. The van der Waals surface area contributed by atoms with Gasteiger partial charge in [-0.05, 0) is 36.4 Å². The molecule has 2 aromatic rings. The van der Waals surface area contributed by atoms with Crippen molar-refractivity contribution in [2.24, 2.45) is 0 Å². The summed E-state index contributed by atoms with van der Waals surface area (Å²) in [4.78, 5) is 17.6. The third-order valence-electron chi connectivity index (χ3n) is 4.33. The summed E-state index contributed by atoms with van der Waals surface area (Å²) < 4.78 is 67.4. The van der Waals surface area contributed by atoms with Crippen LogP contribution in [0.25, 0.3) is 0 Å². The second-order valence-corrected chi connectivity index (χ2v) is 9.61. The Morgan fingerprint density at radius 1 is 1.16 bits per heavy atom. The molecule has 6 nitrogen and oxygen atoms in total. The third-order valence-corrected chi connectivity index (χ3v) is 6.46. The van der Waals surface area contributed by atoms with Crippen LogP contribution in [-0.2, 0) is 16.2 Å². The van der Waals surface area contributed by atoms with Crippen LogP contribution in [0.3, 0.4) is 0 Å². The van der Waals surface area contributed by atoms with Crippen LogP contribution in [0.15, 0.2) is 63.9 Å². The number of hydrogen-bond donors (Lipinski definition) is 1. The molecule has 0 amide bonds. The predicted molar refractivity (Wildman–Crippen MR) is 114 cm³/mol. The van der Waals surface area contributed by atoms with Crippen LogP contribution >= 0.6 is 34.8 Å². The second kappa shape index (κ2) is 8.93. The van der Waals surface area contributed by atoms with Crippen LogP contribution < -0.4 is 4.72 Å². The van der Waals surface area contributed by atoms with Crippen LogP contribution in [0.1, 0.15) is 15.9 Å². The van der Waals surface area contributed by atoms with E-state index in [1.54, 1.807) is 0 Å². The summed E-state index contributed by atoms with van der Waals surface area (Å²) >= 11 is 17.5. The Morgan fingerprint density at radius 2 is 1.84 bits per heavy atom. The second-order valence-electron chi connectivity index (χ2n) is 6.65. The molecule has 0 fully saturated rings. The summed E-state index contributed by atoms with van der Waals surface area (Å²) in [5.74, 6) is -0.595. The lowest BCUT2D eigenvalue weighted by molar-refractivity contribution is -0.137. The zero-order chi connectivity index (χ0) is 23.8. The number of Topliss-reactive ketones (excluding diaryl/α,β-unsaturated/α-hetero) is 1. The van der Waals surface area contributed by atoms with E-state index in [0.717, 1.165) is 12.1 Å². The fourth-order valence-electron chi connectivity index (χ4n) is 2.93. The Bertz CT molecular complexity index is 1260. The molecule has 0 aliphatic carbocycles. The number of allylic oxidation sites excluding steroid dienone is 2. The fraction of sp³-hybridized carbons (Fsp3) is 0.158. The number of sulfonamides is 1. The first-order chi connectivity index (χ1) is 14.8. The lowest BCUT2D eigenvalue weighted by atomic mass is 10.1. The molecule has 0 bridgehead atoms. The minimum atomic E-state index is -4.86. The molecule has 1 aromatic carbocycles. The molecular formula is C19H13Cl3F3N3O3S. The number of rotatable bonds is 5. The van der Waals surface area contributed by atoms with E-state index in [0.29, 0.717) is 6.07 Å². The lowest BCUT2D eigenvalue weighted by Gasteiger charge is -2.28. The van der Waals surface area contributed by atoms with Gasteiger partial charge in [-0.15, -0.1) is 0 Å². The average molecular weight is 527 g/mol. The Labute approximate surface area is 196 Å². The lowest BCUT2D eigenvalue weighted by Crippen LogP contribution is -2.35. The number of carbonyl (C=O) groups excluding carboxylic acids is 1. The maximum absolute atomic E-state index is 13.2. The number of nitrogens with zero attached hydrogens (tertiary/aromatic N) is 2. The molecule has 2 heterocycles. The SMILES string of the molecule is CN1CC(Cl)=CC(NS(=O)(=O)c2ccc(Cl)c(C(F)(F)F)c2)=C1C(=O)c1ccnc(Cl)c1. The number of halogens is 6. The van der Waals surface area contributed by atoms with E-state index in [2.05, 4.69) is 9.71 Å². The van der Waals surface area contributed by atoms with Crippen LogP contribution in [0.5, 0.6) is 0 Å². The summed E-state index contributed by atoms with van der Waals surface area (Å²) in [6.45, 7) is 0.103. The number of alkyl halides is 3. The van der Waals surface area contributed by atoms with Crippen LogP contribution in [0.4, 0.5) is 13.2 Å². The molecule has 0 saturated carbocycles. The number of carbonyl (C=O) groups is 1. The number of hydrogen-bond acceptors (Lipinski definition) is 5. The molecule has 3 rings (SSSR count). The van der Waals surface area contributed by atoms with E-state index >= 15 is 0 Å². The molecule has 0 radical (unpaired) electrons. The first-order valence-electron chi connectivity index (χ1n) is 8.67. The summed E-state index contributed by atoms with van der Waals surface area (Å²) in [6, 6.07) is 4.84. The average Bonchev–Trinajstić information content (AvgIpc) is 2.66. The van der Waals surface area contributed by atoms with Gasteiger partial charge >= 0.3 is 6.18 Å². The molecule has 0 spiro atoms. The Hall–Kier alpha value is -2.27. The van der Waals surface area contributed by atoms with Gasteiger partial charge in [0.2, 0.25) is 5.78 Å². The van der Waals surface area contributed by atoms with Crippen molar-refractivity contribution in [1.29, 1.82) is 0 Å². The molecule has 0 atom stereocenters. The number of benzene rings is 1. The molecule has 1 aliphatic rings. The van der Waals surface area contributed by atoms with Crippen molar-refractivity contribution in [1.82, 2.24) is 14.6 Å². The zero-order valence-corrected chi connectivity index (χ0v) is 19.1. The Kier molecular flexibility index (Phi) is 6.80.